The van der Waals surface area contributed by atoms with Gasteiger partial charge in [-0.15, -0.1) is 0 Å². The standard InChI is InChI=1S/C17H12ClF2N3O3.C10H8BrClN2O/c1-9(25-13-7-6-12(19)15(14(13)20)21-8-24)17-22-16(23-26-17)10-2-4-11(18)5-3-10;1-6(11)10-13-9(14-15-10)7-2-4-8(12)5-3-7/h2-9H,1H3,(H,21,24);2-6H,1H3. The van der Waals surface area contributed by atoms with Crippen molar-refractivity contribution in [1.29, 1.82) is 0 Å². The molecular formula is C27H20BrCl2F2N5O4. The second-order valence-corrected chi connectivity index (χ2v) is 10.5. The van der Waals surface area contributed by atoms with Crippen molar-refractivity contribution in [2.45, 2.75) is 24.8 Å². The third-order valence-electron chi connectivity index (χ3n) is 5.34. The zero-order valence-corrected chi connectivity index (χ0v) is 24.4. The lowest BCUT2D eigenvalue weighted by molar-refractivity contribution is -0.105. The van der Waals surface area contributed by atoms with Crippen LogP contribution in [0.5, 0.6) is 5.75 Å². The van der Waals surface area contributed by atoms with Gasteiger partial charge in [-0.3, -0.25) is 4.79 Å². The molecule has 9 nitrogen and oxygen atoms in total. The molecular weight excluding hydrogens is 647 g/mol. The van der Waals surface area contributed by atoms with Gasteiger partial charge in [0.15, 0.2) is 17.7 Å². The predicted octanol–water partition coefficient (Wildman–Crippen LogP) is 8.22. The highest BCUT2D eigenvalue weighted by atomic mass is 79.9. The fourth-order valence-corrected chi connectivity index (χ4v) is 3.72. The molecule has 2 unspecified atom stereocenters. The fraction of sp³-hybridized carbons (Fsp3) is 0.148. The van der Waals surface area contributed by atoms with Crippen LogP contribution in [0.1, 0.15) is 36.6 Å². The SMILES string of the molecule is CC(Br)c1nc(-c2ccc(Cl)cc2)no1.CC(Oc1ccc(F)c(NC=O)c1F)c1nc(-c2ccc(Cl)cc2)no1. The largest absolute Gasteiger partial charge is 0.478 e. The number of carbonyl (C=O) groups is 1. The zero-order valence-electron chi connectivity index (χ0n) is 21.3. The maximum atomic E-state index is 14.2. The second-order valence-electron chi connectivity index (χ2n) is 8.30. The van der Waals surface area contributed by atoms with Crippen molar-refractivity contribution in [2.75, 3.05) is 5.32 Å². The predicted molar refractivity (Wildman–Crippen MR) is 152 cm³/mol. The van der Waals surface area contributed by atoms with Crippen LogP contribution in [0.15, 0.2) is 69.7 Å². The van der Waals surface area contributed by atoms with E-state index in [2.05, 4.69) is 36.2 Å². The van der Waals surface area contributed by atoms with Gasteiger partial charge >= 0.3 is 0 Å². The zero-order chi connectivity index (χ0) is 29.5. The van der Waals surface area contributed by atoms with Gasteiger partial charge in [-0.2, -0.15) is 9.97 Å². The fourth-order valence-electron chi connectivity index (χ4n) is 3.29. The van der Waals surface area contributed by atoms with Gasteiger partial charge in [0, 0.05) is 21.2 Å². The van der Waals surface area contributed by atoms with E-state index in [-0.39, 0.29) is 22.9 Å². The maximum absolute atomic E-state index is 14.2. The molecule has 1 N–H and O–H groups in total. The molecule has 0 aliphatic rings. The summed E-state index contributed by atoms with van der Waals surface area (Å²) in [5.74, 6) is -0.667. The van der Waals surface area contributed by atoms with Crippen molar-refractivity contribution in [3.8, 4) is 28.5 Å². The molecule has 1 amide bonds. The molecule has 3 aromatic carbocycles. The van der Waals surface area contributed by atoms with Crippen molar-refractivity contribution in [1.82, 2.24) is 20.3 Å². The number of nitrogens with one attached hydrogen (secondary N) is 1. The van der Waals surface area contributed by atoms with Gasteiger partial charge in [0.25, 0.3) is 5.89 Å². The lowest BCUT2D eigenvalue weighted by atomic mass is 10.2. The molecule has 0 fully saturated rings. The van der Waals surface area contributed by atoms with Crippen molar-refractivity contribution in [3.63, 3.8) is 0 Å². The Morgan fingerprint density at radius 2 is 1.37 bits per heavy atom. The molecule has 14 heteroatoms. The number of benzene rings is 3. The van der Waals surface area contributed by atoms with Gasteiger partial charge in [0.2, 0.25) is 23.9 Å². The Labute approximate surface area is 250 Å². The number of nitrogens with zero attached hydrogens (tertiary/aromatic N) is 4. The van der Waals surface area contributed by atoms with Crippen molar-refractivity contribution in [3.05, 3.63) is 94.1 Å². The summed E-state index contributed by atoms with van der Waals surface area (Å²) in [7, 11) is 0. The first-order valence-electron chi connectivity index (χ1n) is 11.8. The smallest absolute Gasteiger partial charge is 0.267 e. The molecule has 0 radical (unpaired) electrons. The number of halogens is 5. The molecule has 41 heavy (non-hydrogen) atoms. The van der Waals surface area contributed by atoms with Crippen LogP contribution < -0.4 is 10.1 Å². The highest BCUT2D eigenvalue weighted by Crippen LogP contribution is 2.31. The topological polar surface area (TPSA) is 116 Å². The van der Waals surface area contributed by atoms with E-state index in [1.165, 1.54) is 0 Å². The van der Waals surface area contributed by atoms with Crippen LogP contribution in [-0.4, -0.2) is 26.7 Å². The first-order chi connectivity index (χ1) is 19.7. The Balaban J connectivity index is 0.000000218. The molecule has 2 atom stereocenters. The highest BCUT2D eigenvalue weighted by molar-refractivity contribution is 9.09. The van der Waals surface area contributed by atoms with Crippen LogP contribution in [0.4, 0.5) is 14.5 Å². The van der Waals surface area contributed by atoms with Gasteiger partial charge in [-0.1, -0.05) is 49.4 Å². The Kier molecular flexibility index (Phi) is 10.0. The second kappa shape index (κ2) is 13.7. The average molecular weight is 667 g/mol. The number of anilines is 1. The first-order valence-corrected chi connectivity index (χ1v) is 13.5. The summed E-state index contributed by atoms with van der Waals surface area (Å²) in [5.41, 5.74) is 0.974. The third-order valence-corrected chi connectivity index (χ3v) is 6.23. The normalized spacial score (nSPS) is 12.2. The number of amides is 1. The van der Waals surface area contributed by atoms with Crippen LogP contribution in [0, 0.1) is 11.6 Å². The number of carbonyl (C=O) groups excluding carboxylic acids is 1. The molecule has 2 aromatic heterocycles. The molecule has 0 saturated carbocycles. The van der Waals surface area contributed by atoms with Gasteiger partial charge in [0.05, 0.1) is 4.83 Å². The summed E-state index contributed by atoms with van der Waals surface area (Å²) in [6, 6.07) is 16.2. The average Bonchev–Trinajstić information content (AvgIpc) is 3.65. The number of hydrogen-bond donors (Lipinski definition) is 1. The number of rotatable bonds is 8. The minimum Gasteiger partial charge on any atom is -0.478 e. The van der Waals surface area contributed by atoms with Crippen LogP contribution in [0.3, 0.4) is 0 Å². The minimum absolute atomic E-state index is 0.0612. The Bertz CT molecular complexity index is 1620. The minimum atomic E-state index is -1.04. The molecule has 0 aliphatic heterocycles. The highest BCUT2D eigenvalue weighted by Gasteiger charge is 2.21. The van der Waals surface area contributed by atoms with E-state index >= 15 is 0 Å². The summed E-state index contributed by atoms with van der Waals surface area (Å²) >= 11 is 15.0. The van der Waals surface area contributed by atoms with Crippen LogP contribution in [0.2, 0.25) is 10.0 Å². The molecule has 2 heterocycles. The summed E-state index contributed by atoms with van der Waals surface area (Å²) < 4.78 is 43.4. The molecule has 0 spiro atoms. The Hall–Kier alpha value is -3.87. The summed E-state index contributed by atoms with van der Waals surface area (Å²) in [5, 5.41) is 10.9. The van der Waals surface area contributed by atoms with Crippen molar-refractivity contribution < 1.29 is 27.4 Å². The van der Waals surface area contributed by atoms with E-state index in [0.717, 1.165) is 17.7 Å². The number of hydrogen-bond acceptors (Lipinski definition) is 8. The lowest BCUT2D eigenvalue weighted by Gasteiger charge is -2.13. The van der Waals surface area contributed by atoms with Gasteiger partial charge < -0.3 is 19.1 Å². The molecule has 0 aliphatic carbocycles. The van der Waals surface area contributed by atoms with E-state index < -0.39 is 23.4 Å². The van der Waals surface area contributed by atoms with E-state index in [0.29, 0.717) is 33.1 Å². The molecule has 5 aromatic rings. The van der Waals surface area contributed by atoms with Crippen LogP contribution in [0.25, 0.3) is 22.8 Å². The lowest BCUT2D eigenvalue weighted by Crippen LogP contribution is -2.07. The van der Waals surface area contributed by atoms with E-state index in [1.807, 2.05) is 24.4 Å². The Morgan fingerprint density at radius 3 is 1.85 bits per heavy atom. The third kappa shape index (κ3) is 7.66. The summed E-state index contributed by atoms with van der Waals surface area (Å²) in [4.78, 5) is 19.0. The maximum Gasteiger partial charge on any atom is 0.267 e. The molecule has 0 bridgehead atoms. The number of ether oxygens (including phenoxy) is 1. The van der Waals surface area contributed by atoms with Gasteiger partial charge in [-0.05, 0) is 74.5 Å². The summed E-state index contributed by atoms with van der Waals surface area (Å²) in [6.07, 6.45) is -0.641. The molecule has 0 saturated heterocycles. The molecule has 5 rings (SSSR count). The summed E-state index contributed by atoms with van der Waals surface area (Å²) in [6.45, 7) is 3.49. The van der Waals surface area contributed by atoms with Gasteiger partial charge in [0.1, 0.15) is 11.5 Å². The van der Waals surface area contributed by atoms with Crippen molar-refractivity contribution >= 4 is 51.2 Å². The quantitative estimate of drug-likeness (QED) is 0.130. The number of alkyl halides is 1. The van der Waals surface area contributed by atoms with E-state index in [1.54, 1.807) is 43.3 Å². The van der Waals surface area contributed by atoms with E-state index in [4.69, 9.17) is 37.0 Å². The van der Waals surface area contributed by atoms with Crippen LogP contribution in [-0.2, 0) is 4.79 Å². The first kappa shape index (κ1) is 30.1. The Morgan fingerprint density at radius 1 is 0.854 bits per heavy atom. The molecule has 212 valence electrons. The monoisotopic (exact) mass is 665 g/mol. The van der Waals surface area contributed by atoms with Gasteiger partial charge in [-0.25, -0.2) is 8.78 Å². The van der Waals surface area contributed by atoms with Crippen LogP contribution >= 0.6 is 39.1 Å². The van der Waals surface area contributed by atoms with E-state index in [9.17, 15) is 13.6 Å². The number of aromatic nitrogens is 4. The van der Waals surface area contributed by atoms with Crippen molar-refractivity contribution in [2.24, 2.45) is 0 Å².